The lowest BCUT2D eigenvalue weighted by molar-refractivity contribution is 0.0990. The number of anilines is 3. The van der Waals surface area contributed by atoms with Crippen molar-refractivity contribution in [3.63, 3.8) is 0 Å². The van der Waals surface area contributed by atoms with Crippen LogP contribution in [-0.4, -0.2) is 97.5 Å². The van der Waals surface area contributed by atoms with Crippen molar-refractivity contribution in [3.05, 3.63) is 77.0 Å². The zero-order valence-corrected chi connectivity index (χ0v) is 28.8. The van der Waals surface area contributed by atoms with Gasteiger partial charge in [0.2, 0.25) is 5.95 Å². The van der Waals surface area contributed by atoms with E-state index < -0.39 is 5.91 Å². The number of carbonyl (C=O) groups excluding carboxylic acids is 3. The minimum absolute atomic E-state index is 0.238. The number of likely N-dealkylation sites (N-methyl/N-ethyl adjacent to an activating group) is 1. The minimum atomic E-state index is -0.428. The zero-order valence-electron chi connectivity index (χ0n) is 28.8. The van der Waals surface area contributed by atoms with E-state index in [1.165, 1.54) is 12.0 Å². The molecule has 0 unspecified atom stereocenters. The van der Waals surface area contributed by atoms with Crippen molar-refractivity contribution >= 4 is 52.1 Å². The van der Waals surface area contributed by atoms with Crippen LogP contribution >= 0.6 is 0 Å². The van der Waals surface area contributed by atoms with Crippen LogP contribution in [0.1, 0.15) is 45.5 Å². The highest BCUT2D eigenvalue weighted by Crippen LogP contribution is 2.32. The molecule has 0 radical (unpaired) electrons. The molecule has 0 saturated carbocycles. The molecule has 5 rings (SSSR count). The second-order valence-electron chi connectivity index (χ2n) is 12.2. The Morgan fingerprint density at radius 3 is 2.56 bits per heavy atom. The maximum atomic E-state index is 13.7. The van der Waals surface area contributed by atoms with Crippen molar-refractivity contribution in [2.75, 3.05) is 69.5 Å². The fraction of sp³-hybridized carbons (Fsp3) is 0.333. The maximum Gasteiger partial charge on any atom is 0.258 e. The van der Waals surface area contributed by atoms with E-state index in [-0.39, 0.29) is 17.8 Å². The Bertz CT molecular complexity index is 1930. The number of fused-ring (bicyclic) bond motifs is 1. The van der Waals surface area contributed by atoms with Gasteiger partial charge in [-0.25, -0.2) is 9.78 Å². The zero-order chi connectivity index (χ0) is 35.8. The summed E-state index contributed by atoms with van der Waals surface area (Å²) in [6, 6.07) is 15.6. The van der Waals surface area contributed by atoms with Crippen LogP contribution in [0.3, 0.4) is 0 Å². The molecule has 0 spiro atoms. The summed E-state index contributed by atoms with van der Waals surface area (Å²) in [5.41, 5.74) is 9.74. The number of para-hydroxylation sites is 1. The molecule has 4 aromatic rings. The Kier molecular flexibility index (Phi) is 11.4. The molecule has 6 N–H and O–H groups in total. The smallest absolute Gasteiger partial charge is 0.258 e. The largest absolute Gasteiger partial charge is 0.495 e. The first kappa shape index (κ1) is 35.5. The number of nitrogens with two attached hydrogens (primary N) is 1. The number of methoxy groups -OCH3 is 1. The number of guanidine groups is 1. The van der Waals surface area contributed by atoms with Gasteiger partial charge in [-0.3, -0.25) is 20.3 Å². The van der Waals surface area contributed by atoms with E-state index in [4.69, 9.17) is 20.6 Å². The number of aromatic nitrogens is 2. The summed E-state index contributed by atoms with van der Waals surface area (Å²) >= 11 is 0. The number of nitrogens with one attached hydrogen (secondary N) is 4. The third kappa shape index (κ3) is 8.41. The number of carbonyl (C=O) groups is 2. The normalized spacial score (nSPS) is 13.0. The molecule has 2 heterocycles. The number of H-pyrrole nitrogens is 1. The molecule has 1 fully saturated rings. The van der Waals surface area contributed by atoms with Crippen molar-refractivity contribution in [3.8, 4) is 11.5 Å². The highest BCUT2D eigenvalue weighted by molar-refractivity contribution is 6.13. The lowest BCUT2D eigenvalue weighted by Gasteiger charge is -2.34. The average Bonchev–Trinajstić information content (AvgIpc) is 3.52. The highest BCUT2D eigenvalue weighted by atomic mass is 16.5. The lowest BCUT2D eigenvalue weighted by Crippen LogP contribution is -2.44. The number of aryl methyl sites for hydroxylation is 1. The molecule has 14 nitrogen and oxygen atoms in total. The van der Waals surface area contributed by atoms with Crippen LogP contribution in [0.25, 0.3) is 11.0 Å². The Morgan fingerprint density at radius 1 is 1.06 bits per heavy atom. The van der Waals surface area contributed by atoms with Crippen LogP contribution in [-0.2, 0) is 4.79 Å². The number of unbranched alkanes of at least 4 members (excludes halogenated alkanes) is 1. The molecule has 0 aliphatic carbocycles. The number of hydrogen-bond donors (Lipinski definition) is 5. The first-order valence-corrected chi connectivity index (χ1v) is 16.4. The molecule has 50 heavy (non-hydrogen) atoms. The van der Waals surface area contributed by atoms with Gasteiger partial charge in [0.1, 0.15) is 17.4 Å². The fourth-order valence-corrected chi connectivity index (χ4v) is 5.77. The monoisotopic (exact) mass is 681 g/mol. The van der Waals surface area contributed by atoms with Gasteiger partial charge in [-0.05, 0) is 81.3 Å². The van der Waals surface area contributed by atoms with Gasteiger partial charge in [-0.1, -0.05) is 12.1 Å². The number of imidazole rings is 1. The van der Waals surface area contributed by atoms with Gasteiger partial charge in [0, 0.05) is 38.8 Å². The molecular weight excluding hydrogens is 638 g/mol. The number of piperazine rings is 1. The summed E-state index contributed by atoms with van der Waals surface area (Å²) in [4.78, 5) is 51.9. The summed E-state index contributed by atoms with van der Waals surface area (Å²) in [5.74, 6) is 2.24. The summed E-state index contributed by atoms with van der Waals surface area (Å²) in [6.07, 6.45) is 2.16. The fourth-order valence-electron chi connectivity index (χ4n) is 5.77. The Labute approximate surface area is 290 Å². The first-order valence-electron chi connectivity index (χ1n) is 16.4. The molecular formula is C36H43N9O5. The molecule has 2 amide bonds. The minimum Gasteiger partial charge on any atom is -0.495 e. The molecule has 1 aliphatic rings. The molecule has 262 valence electrons. The third-order valence-electron chi connectivity index (χ3n) is 8.56. The molecule has 1 aliphatic heterocycles. The van der Waals surface area contributed by atoms with Gasteiger partial charge in [-0.2, -0.15) is 0 Å². The van der Waals surface area contributed by atoms with Crippen LogP contribution in [0.5, 0.6) is 11.5 Å². The van der Waals surface area contributed by atoms with Gasteiger partial charge < -0.3 is 40.2 Å². The number of ether oxygens (including phenoxy) is 2. The van der Waals surface area contributed by atoms with Crippen molar-refractivity contribution in [1.29, 1.82) is 5.41 Å². The van der Waals surface area contributed by atoms with E-state index in [0.29, 0.717) is 63.8 Å². The van der Waals surface area contributed by atoms with E-state index in [1.54, 1.807) is 43.4 Å². The third-order valence-corrected chi connectivity index (χ3v) is 8.56. The summed E-state index contributed by atoms with van der Waals surface area (Å²) in [6.45, 7) is 5.91. The number of nitrogens with zero attached hydrogens (tertiary/aromatic N) is 4. The van der Waals surface area contributed by atoms with Crippen LogP contribution in [0, 0.1) is 12.3 Å². The molecule has 1 aromatic heterocycles. The topological polar surface area (TPSA) is 182 Å². The van der Waals surface area contributed by atoms with Crippen LogP contribution in [0.4, 0.5) is 17.3 Å². The molecule has 14 heteroatoms. The number of aromatic amines is 1. The van der Waals surface area contributed by atoms with Gasteiger partial charge in [0.05, 0.1) is 47.4 Å². The summed E-state index contributed by atoms with van der Waals surface area (Å²) < 4.78 is 11.7. The molecule has 0 bridgehead atoms. The highest BCUT2D eigenvalue weighted by Gasteiger charge is 2.21. The van der Waals surface area contributed by atoms with Gasteiger partial charge in [0.15, 0.2) is 5.96 Å². The van der Waals surface area contributed by atoms with Crippen LogP contribution < -0.4 is 30.7 Å². The Balaban J connectivity index is 1.23. The van der Waals surface area contributed by atoms with E-state index >= 15 is 0 Å². The van der Waals surface area contributed by atoms with Crippen molar-refractivity contribution in [2.24, 2.45) is 5.73 Å². The van der Waals surface area contributed by atoms with E-state index in [0.717, 1.165) is 44.6 Å². The standard InChI is InChI=1S/C36H43N9O5/c1-23-11-14-29(31(20-23)50-19-6-5-8-25(22-46)45-17-15-43(2)16-18-45)44(3)34(48)24-12-13-27(30(21-24)49-4)39-33(47)26-9-7-10-28-32(26)41-36(40-28)42-35(37)38/h7,9-14,20-21H,5-6,8,15-19H2,1-4H3,(H,39,47)(H5,37,38,40,41,42). The second kappa shape index (κ2) is 16.0. The van der Waals surface area contributed by atoms with E-state index in [2.05, 4.69) is 43.4 Å². The lowest BCUT2D eigenvalue weighted by atomic mass is 10.1. The number of rotatable bonds is 13. The van der Waals surface area contributed by atoms with Crippen molar-refractivity contribution in [2.45, 2.75) is 26.2 Å². The van der Waals surface area contributed by atoms with E-state index in [9.17, 15) is 14.4 Å². The van der Waals surface area contributed by atoms with Gasteiger partial charge >= 0.3 is 0 Å². The summed E-state index contributed by atoms with van der Waals surface area (Å²) in [5, 5.41) is 12.9. The van der Waals surface area contributed by atoms with Crippen molar-refractivity contribution < 1.29 is 23.9 Å². The molecule has 0 atom stereocenters. The maximum absolute atomic E-state index is 13.7. The molecule has 3 aromatic carbocycles. The van der Waals surface area contributed by atoms with Crippen LogP contribution in [0.15, 0.2) is 60.3 Å². The summed E-state index contributed by atoms with van der Waals surface area (Å²) in [7, 11) is 5.22. The predicted molar refractivity (Wildman–Crippen MR) is 194 cm³/mol. The number of benzene rings is 3. The van der Waals surface area contributed by atoms with Gasteiger partial charge in [0.25, 0.3) is 11.8 Å². The number of hydrogen-bond acceptors (Lipinski definition) is 9. The van der Waals surface area contributed by atoms with Crippen molar-refractivity contribution in [1.82, 2.24) is 19.8 Å². The van der Waals surface area contributed by atoms with Crippen LogP contribution in [0.2, 0.25) is 0 Å². The average molecular weight is 682 g/mol. The SMILES string of the molecule is COc1cc(C(=O)N(C)c2ccc(C)cc2OCCCCC(=C=O)N2CCN(C)CC2)ccc1NC(=O)c1cccc2nc(NC(=N)N)[nH]c12. The predicted octanol–water partition coefficient (Wildman–Crippen LogP) is 4.23. The Morgan fingerprint density at radius 2 is 1.84 bits per heavy atom. The van der Waals surface area contributed by atoms with E-state index in [1.807, 2.05) is 25.1 Å². The first-order chi connectivity index (χ1) is 24.1. The van der Waals surface area contributed by atoms with Gasteiger partial charge in [-0.15, -0.1) is 0 Å². The molecule has 1 saturated heterocycles. The number of amides is 2. The second-order valence-corrected chi connectivity index (χ2v) is 12.2. The number of allylic oxidation sites excluding steroid dienone is 1. The Hall–Kier alpha value is -5.85. The quantitative estimate of drug-likeness (QED) is 0.0593.